The molecule has 1 saturated carbocycles. The third kappa shape index (κ3) is 3.95. The predicted molar refractivity (Wildman–Crippen MR) is 93.7 cm³/mol. The number of para-hydroxylation sites is 1. The van der Waals surface area contributed by atoms with Gasteiger partial charge in [-0.3, -0.25) is 4.79 Å². The van der Waals surface area contributed by atoms with Gasteiger partial charge in [0.05, 0.1) is 18.6 Å². The Morgan fingerprint density at radius 2 is 1.83 bits per heavy atom. The van der Waals surface area contributed by atoms with Crippen molar-refractivity contribution in [3.63, 3.8) is 0 Å². The lowest BCUT2D eigenvalue weighted by atomic mass is 10.1. The van der Waals surface area contributed by atoms with Gasteiger partial charge in [0.25, 0.3) is 0 Å². The molecule has 2 aromatic rings. The summed E-state index contributed by atoms with van der Waals surface area (Å²) >= 11 is 0. The lowest BCUT2D eigenvalue weighted by Crippen LogP contribution is -2.36. The molecule has 2 atom stereocenters. The second-order valence-electron chi connectivity index (χ2n) is 6.11. The van der Waals surface area contributed by atoms with Crippen LogP contribution in [0.1, 0.15) is 19.3 Å². The largest absolute Gasteiger partial charge is 0.491 e. The van der Waals surface area contributed by atoms with Crippen molar-refractivity contribution in [2.24, 2.45) is 5.92 Å². The second kappa shape index (κ2) is 7.97. The summed E-state index contributed by atoms with van der Waals surface area (Å²) < 4.78 is 5.85. The van der Waals surface area contributed by atoms with Gasteiger partial charge in [0.2, 0.25) is 5.91 Å². The molecule has 4 nitrogen and oxygen atoms in total. The van der Waals surface area contributed by atoms with Gasteiger partial charge in [-0.2, -0.15) is 0 Å². The third-order valence-electron chi connectivity index (χ3n) is 4.45. The normalized spacial score (nSPS) is 19.9. The summed E-state index contributed by atoms with van der Waals surface area (Å²) in [5.74, 6) is 0.473. The summed E-state index contributed by atoms with van der Waals surface area (Å²) in [5.41, 5.74) is 2.14. The van der Waals surface area contributed by atoms with Crippen molar-refractivity contribution in [2.75, 3.05) is 13.2 Å². The number of benzene rings is 2. The summed E-state index contributed by atoms with van der Waals surface area (Å²) in [7, 11) is 0. The van der Waals surface area contributed by atoms with E-state index in [-0.39, 0.29) is 11.8 Å². The maximum atomic E-state index is 12.0. The minimum absolute atomic E-state index is 0.0695. The van der Waals surface area contributed by atoms with Crippen molar-refractivity contribution < 1.29 is 14.6 Å². The number of aliphatic hydroxyl groups excluding tert-OH is 1. The van der Waals surface area contributed by atoms with Gasteiger partial charge in [-0.15, -0.1) is 0 Å². The summed E-state index contributed by atoms with van der Waals surface area (Å²) in [5, 5.41) is 12.6. The summed E-state index contributed by atoms with van der Waals surface area (Å²) in [4.78, 5) is 12.0. The van der Waals surface area contributed by atoms with Gasteiger partial charge in [-0.25, -0.2) is 0 Å². The van der Waals surface area contributed by atoms with Crippen molar-refractivity contribution in [2.45, 2.75) is 25.4 Å². The molecule has 24 heavy (non-hydrogen) atoms. The van der Waals surface area contributed by atoms with Crippen molar-refractivity contribution in [1.29, 1.82) is 0 Å². The topological polar surface area (TPSA) is 58.6 Å². The van der Waals surface area contributed by atoms with Crippen LogP contribution in [0, 0.1) is 5.92 Å². The SMILES string of the molecule is O=C(NCCOc1ccccc1-c1ccccc1)[C@H]1CCC[C@H]1O. The van der Waals surface area contributed by atoms with E-state index in [0.717, 1.165) is 36.1 Å². The van der Waals surface area contributed by atoms with Crippen molar-refractivity contribution in [3.8, 4) is 16.9 Å². The van der Waals surface area contributed by atoms with E-state index in [0.29, 0.717) is 13.2 Å². The van der Waals surface area contributed by atoms with Gasteiger partial charge in [0, 0.05) is 5.56 Å². The Morgan fingerprint density at radius 1 is 1.08 bits per heavy atom. The molecule has 0 bridgehead atoms. The number of hydrogen-bond acceptors (Lipinski definition) is 3. The highest BCUT2D eigenvalue weighted by molar-refractivity contribution is 5.79. The first-order valence-electron chi connectivity index (χ1n) is 8.49. The van der Waals surface area contributed by atoms with Crippen molar-refractivity contribution in [3.05, 3.63) is 54.6 Å². The smallest absolute Gasteiger partial charge is 0.225 e. The predicted octanol–water partition coefficient (Wildman–Crippen LogP) is 3.01. The van der Waals surface area contributed by atoms with Gasteiger partial charge in [-0.05, 0) is 30.9 Å². The summed E-state index contributed by atoms with van der Waals surface area (Å²) in [6.07, 6.45) is 1.91. The molecular formula is C20H23NO3. The van der Waals surface area contributed by atoms with Crippen molar-refractivity contribution in [1.82, 2.24) is 5.32 Å². The average molecular weight is 325 g/mol. The van der Waals surface area contributed by atoms with Crippen LogP contribution in [0.4, 0.5) is 0 Å². The molecule has 1 fully saturated rings. The number of amides is 1. The zero-order valence-electron chi connectivity index (χ0n) is 13.7. The Labute approximate surface area is 142 Å². The van der Waals surface area contributed by atoms with Crippen LogP contribution >= 0.6 is 0 Å². The maximum absolute atomic E-state index is 12.0. The van der Waals surface area contributed by atoms with E-state index in [9.17, 15) is 9.90 Å². The summed E-state index contributed by atoms with van der Waals surface area (Å²) in [6.45, 7) is 0.837. The van der Waals surface area contributed by atoms with E-state index in [1.165, 1.54) is 0 Å². The van der Waals surface area contributed by atoms with E-state index in [2.05, 4.69) is 5.32 Å². The molecule has 2 aromatic carbocycles. The van der Waals surface area contributed by atoms with Gasteiger partial charge < -0.3 is 15.2 Å². The first kappa shape index (κ1) is 16.5. The van der Waals surface area contributed by atoms with Crippen LogP contribution in [0.3, 0.4) is 0 Å². The van der Waals surface area contributed by atoms with Crippen LogP contribution in [0.15, 0.2) is 54.6 Å². The Balaban J connectivity index is 1.53. The molecular weight excluding hydrogens is 302 g/mol. The number of rotatable bonds is 6. The quantitative estimate of drug-likeness (QED) is 0.803. The molecule has 1 amide bonds. The van der Waals surface area contributed by atoms with E-state index in [1.807, 2.05) is 54.6 Å². The minimum atomic E-state index is -0.496. The Morgan fingerprint density at radius 3 is 2.58 bits per heavy atom. The minimum Gasteiger partial charge on any atom is -0.491 e. The maximum Gasteiger partial charge on any atom is 0.225 e. The van der Waals surface area contributed by atoms with Crippen LogP contribution in [-0.4, -0.2) is 30.3 Å². The molecule has 0 unspecified atom stereocenters. The Hall–Kier alpha value is -2.33. The fraction of sp³-hybridized carbons (Fsp3) is 0.350. The van der Waals surface area contributed by atoms with Crippen LogP contribution in [-0.2, 0) is 4.79 Å². The highest BCUT2D eigenvalue weighted by Gasteiger charge is 2.31. The molecule has 126 valence electrons. The lowest BCUT2D eigenvalue weighted by molar-refractivity contribution is -0.127. The molecule has 4 heteroatoms. The number of carbonyl (C=O) groups is 1. The number of ether oxygens (including phenoxy) is 1. The molecule has 1 aliphatic rings. The second-order valence-corrected chi connectivity index (χ2v) is 6.11. The van der Waals surface area contributed by atoms with Crippen molar-refractivity contribution >= 4 is 5.91 Å². The zero-order chi connectivity index (χ0) is 16.8. The van der Waals surface area contributed by atoms with Gasteiger partial charge in [-0.1, -0.05) is 48.5 Å². The van der Waals surface area contributed by atoms with E-state index < -0.39 is 6.10 Å². The standard InChI is InChI=1S/C20H23NO3/c22-18-11-6-10-17(18)20(23)21-13-14-24-19-12-5-4-9-16(19)15-7-2-1-3-8-15/h1-5,7-9,12,17-18,22H,6,10-11,13-14H2,(H,21,23)/t17-,18+/m0/s1. The monoisotopic (exact) mass is 325 g/mol. The highest BCUT2D eigenvalue weighted by atomic mass is 16.5. The first-order chi connectivity index (χ1) is 11.8. The molecule has 0 radical (unpaired) electrons. The Kier molecular flexibility index (Phi) is 5.49. The van der Waals surface area contributed by atoms with Crippen LogP contribution in [0.2, 0.25) is 0 Å². The molecule has 2 N–H and O–H groups in total. The first-order valence-corrected chi connectivity index (χ1v) is 8.49. The van der Waals surface area contributed by atoms with E-state index in [4.69, 9.17) is 4.74 Å². The fourth-order valence-corrected chi connectivity index (χ4v) is 3.16. The lowest BCUT2D eigenvalue weighted by Gasteiger charge is -2.15. The highest BCUT2D eigenvalue weighted by Crippen LogP contribution is 2.29. The number of carbonyl (C=O) groups excluding carboxylic acids is 1. The molecule has 0 heterocycles. The molecule has 3 rings (SSSR count). The molecule has 0 aromatic heterocycles. The van der Waals surface area contributed by atoms with Gasteiger partial charge in [0.15, 0.2) is 0 Å². The summed E-state index contributed by atoms with van der Waals surface area (Å²) in [6, 6.07) is 18.0. The number of hydrogen-bond donors (Lipinski definition) is 2. The van der Waals surface area contributed by atoms with Gasteiger partial charge in [0.1, 0.15) is 12.4 Å². The molecule has 1 aliphatic carbocycles. The zero-order valence-corrected chi connectivity index (χ0v) is 13.7. The number of nitrogens with one attached hydrogen (secondary N) is 1. The molecule has 0 saturated heterocycles. The van der Waals surface area contributed by atoms with E-state index in [1.54, 1.807) is 0 Å². The number of aliphatic hydroxyl groups is 1. The van der Waals surface area contributed by atoms with Crippen LogP contribution < -0.4 is 10.1 Å². The third-order valence-corrected chi connectivity index (χ3v) is 4.45. The van der Waals surface area contributed by atoms with Crippen LogP contribution in [0.25, 0.3) is 11.1 Å². The average Bonchev–Trinajstić information content (AvgIpc) is 3.06. The van der Waals surface area contributed by atoms with E-state index >= 15 is 0 Å². The Bertz CT molecular complexity index is 672. The molecule has 0 spiro atoms. The van der Waals surface area contributed by atoms with Gasteiger partial charge >= 0.3 is 0 Å². The van der Waals surface area contributed by atoms with Crippen LogP contribution in [0.5, 0.6) is 5.75 Å². The molecule has 0 aliphatic heterocycles. The fourth-order valence-electron chi connectivity index (χ4n) is 3.16.